The van der Waals surface area contributed by atoms with Crippen molar-refractivity contribution < 1.29 is 14.5 Å². The number of hydrogen-bond acceptors (Lipinski definition) is 5. The quantitative estimate of drug-likeness (QED) is 0.505. The third-order valence-corrected chi connectivity index (χ3v) is 3.23. The Kier molecular flexibility index (Phi) is 3.15. The summed E-state index contributed by atoms with van der Waals surface area (Å²) in [7, 11) is 0. The van der Waals surface area contributed by atoms with Gasteiger partial charge in [-0.15, -0.1) is 11.8 Å². The lowest BCUT2D eigenvalue weighted by molar-refractivity contribution is -0.384. The summed E-state index contributed by atoms with van der Waals surface area (Å²) in [4.78, 5) is 33.6. The number of carbonyl (C=O) groups excluding carboxylic acids is 2. The van der Waals surface area contributed by atoms with E-state index in [1.54, 1.807) is 12.3 Å². The summed E-state index contributed by atoms with van der Waals surface area (Å²) in [6, 6.07) is 5.66. The average Bonchev–Trinajstić information content (AvgIpc) is 2.63. The molecule has 2 rings (SSSR count). The molecule has 0 saturated heterocycles. The SMILES string of the molecule is CSC1=C(c2cccc([N+](=O)[O-])c2)C(=O)NC1=O. The second-order valence-corrected chi connectivity index (χ2v) is 4.32. The maximum absolute atomic E-state index is 11.7. The van der Waals surface area contributed by atoms with Gasteiger partial charge >= 0.3 is 0 Å². The van der Waals surface area contributed by atoms with E-state index < -0.39 is 16.7 Å². The lowest BCUT2D eigenvalue weighted by Crippen LogP contribution is -2.22. The number of amides is 2. The van der Waals surface area contributed by atoms with E-state index in [1.165, 1.54) is 18.2 Å². The van der Waals surface area contributed by atoms with Crippen LogP contribution in [0.5, 0.6) is 0 Å². The molecule has 7 heteroatoms. The van der Waals surface area contributed by atoms with Crippen molar-refractivity contribution in [3.05, 3.63) is 44.8 Å². The first-order valence-corrected chi connectivity index (χ1v) is 6.16. The van der Waals surface area contributed by atoms with Gasteiger partial charge in [0.05, 0.1) is 15.4 Å². The molecule has 0 radical (unpaired) electrons. The predicted molar refractivity (Wildman–Crippen MR) is 66.7 cm³/mol. The van der Waals surface area contributed by atoms with E-state index in [-0.39, 0.29) is 16.2 Å². The normalized spacial score (nSPS) is 14.9. The van der Waals surface area contributed by atoms with E-state index in [0.717, 1.165) is 11.8 Å². The zero-order chi connectivity index (χ0) is 13.3. The molecular formula is C11H8N2O4S. The van der Waals surface area contributed by atoms with E-state index in [0.29, 0.717) is 5.56 Å². The van der Waals surface area contributed by atoms with Crippen LogP contribution in [0.2, 0.25) is 0 Å². The Morgan fingerprint density at radius 3 is 2.61 bits per heavy atom. The molecule has 1 N–H and O–H groups in total. The molecule has 0 aliphatic carbocycles. The van der Waals surface area contributed by atoms with Gasteiger partial charge in [-0.2, -0.15) is 0 Å². The zero-order valence-electron chi connectivity index (χ0n) is 9.30. The Bertz CT molecular complexity index is 594. The highest BCUT2D eigenvalue weighted by molar-refractivity contribution is 8.03. The van der Waals surface area contributed by atoms with Crippen molar-refractivity contribution in [1.82, 2.24) is 5.32 Å². The van der Waals surface area contributed by atoms with Crippen LogP contribution in [-0.2, 0) is 9.59 Å². The number of carbonyl (C=O) groups is 2. The summed E-state index contributed by atoms with van der Waals surface area (Å²) in [5.41, 5.74) is 0.445. The molecule has 0 bridgehead atoms. The number of rotatable bonds is 3. The van der Waals surface area contributed by atoms with Crippen molar-refractivity contribution in [3.63, 3.8) is 0 Å². The van der Waals surface area contributed by atoms with Crippen LogP contribution < -0.4 is 5.32 Å². The highest BCUT2D eigenvalue weighted by atomic mass is 32.2. The highest BCUT2D eigenvalue weighted by Gasteiger charge is 2.31. The highest BCUT2D eigenvalue weighted by Crippen LogP contribution is 2.31. The molecule has 92 valence electrons. The summed E-state index contributed by atoms with van der Waals surface area (Å²) in [5, 5.41) is 12.9. The fourth-order valence-electron chi connectivity index (χ4n) is 1.67. The van der Waals surface area contributed by atoms with Gasteiger partial charge < -0.3 is 0 Å². The summed E-state index contributed by atoms with van der Waals surface area (Å²) in [5.74, 6) is -0.987. The molecule has 0 spiro atoms. The number of hydrogen-bond donors (Lipinski definition) is 1. The van der Waals surface area contributed by atoms with E-state index in [4.69, 9.17) is 0 Å². The Morgan fingerprint density at radius 2 is 2.00 bits per heavy atom. The molecule has 18 heavy (non-hydrogen) atoms. The van der Waals surface area contributed by atoms with Crippen molar-refractivity contribution in [1.29, 1.82) is 0 Å². The van der Waals surface area contributed by atoms with Crippen LogP contribution in [0.25, 0.3) is 5.57 Å². The molecule has 2 amide bonds. The lowest BCUT2D eigenvalue weighted by atomic mass is 10.1. The van der Waals surface area contributed by atoms with Crippen LogP contribution in [0.4, 0.5) is 5.69 Å². The number of non-ortho nitro benzene ring substituents is 1. The molecule has 0 fully saturated rings. The first-order valence-electron chi connectivity index (χ1n) is 4.93. The maximum atomic E-state index is 11.7. The largest absolute Gasteiger partial charge is 0.288 e. The van der Waals surface area contributed by atoms with Gasteiger partial charge in [-0.25, -0.2) is 0 Å². The van der Waals surface area contributed by atoms with E-state index >= 15 is 0 Å². The second kappa shape index (κ2) is 4.61. The third kappa shape index (κ3) is 2.00. The van der Waals surface area contributed by atoms with Gasteiger partial charge in [0.2, 0.25) is 0 Å². The van der Waals surface area contributed by atoms with Crippen LogP contribution in [0.3, 0.4) is 0 Å². The molecule has 1 aliphatic rings. The van der Waals surface area contributed by atoms with Crippen LogP contribution in [0, 0.1) is 10.1 Å². The fraction of sp³-hybridized carbons (Fsp3) is 0.0909. The molecule has 1 aromatic rings. The molecule has 0 unspecified atom stereocenters. The molecule has 1 heterocycles. The number of imide groups is 1. The second-order valence-electron chi connectivity index (χ2n) is 3.50. The van der Waals surface area contributed by atoms with Crippen molar-refractivity contribution in [2.75, 3.05) is 6.26 Å². The molecule has 0 saturated carbocycles. The smallest absolute Gasteiger partial charge is 0.270 e. The molecule has 0 aromatic heterocycles. The summed E-state index contributed by atoms with van der Waals surface area (Å²) >= 11 is 1.14. The van der Waals surface area contributed by atoms with Gasteiger partial charge in [0.25, 0.3) is 17.5 Å². The van der Waals surface area contributed by atoms with Gasteiger partial charge in [0.15, 0.2) is 0 Å². The van der Waals surface area contributed by atoms with Crippen LogP contribution in [0.15, 0.2) is 29.2 Å². The molecule has 1 aromatic carbocycles. The first kappa shape index (κ1) is 12.3. The molecule has 1 aliphatic heterocycles. The van der Waals surface area contributed by atoms with Crippen molar-refractivity contribution >= 4 is 34.8 Å². The summed E-state index contributed by atoms with van der Waals surface area (Å²) in [6.45, 7) is 0. The van der Waals surface area contributed by atoms with Crippen molar-refractivity contribution in [2.45, 2.75) is 0 Å². The van der Waals surface area contributed by atoms with E-state index in [9.17, 15) is 19.7 Å². The Balaban J connectivity index is 2.57. The van der Waals surface area contributed by atoms with Gasteiger partial charge in [0, 0.05) is 12.1 Å². The Morgan fingerprint density at radius 1 is 1.28 bits per heavy atom. The van der Waals surface area contributed by atoms with Crippen molar-refractivity contribution in [3.8, 4) is 0 Å². The van der Waals surface area contributed by atoms with Crippen LogP contribution in [0.1, 0.15) is 5.56 Å². The van der Waals surface area contributed by atoms with Crippen LogP contribution >= 0.6 is 11.8 Å². The Labute approximate surface area is 106 Å². The minimum Gasteiger partial charge on any atom is -0.288 e. The topological polar surface area (TPSA) is 89.3 Å². The summed E-state index contributed by atoms with van der Waals surface area (Å²) in [6.07, 6.45) is 1.67. The number of benzene rings is 1. The van der Waals surface area contributed by atoms with Gasteiger partial charge in [0.1, 0.15) is 0 Å². The average molecular weight is 264 g/mol. The monoisotopic (exact) mass is 264 g/mol. The summed E-state index contributed by atoms with van der Waals surface area (Å²) < 4.78 is 0. The number of nitrogens with zero attached hydrogens (tertiary/aromatic N) is 1. The first-order chi connectivity index (χ1) is 8.54. The van der Waals surface area contributed by atoms with Gasteiger partial charge in [-0.3, -0.25) is 25.0 Å². The molecular weight excluding hydrogens is 256 g/mol. The lowest BCUT2D eigenvalue weighted by Gasteiger charge is -2.01. The van der Waals surface area contributed by atoms with Crippen molar-refractivity contribution in [2.24, 2.45) is 0 Å². The number of thioether (sulfide) groups is 1. The zero-order valence-corrected chi connectivity index (χ0v) is 10.1. The number of nitro groups is 1. The van der Waals surface area contributed by atoms with Gasteiger partial charge in [-0.1, -0.05) is 12.1 Å². The van der Waals surface area contributed by atoms with Crippen LogP contribution in [-0.4, -0.2) is 23.0 Å². The molecule has 0 atom stereocenters. The number of nitrogens with one attached hydrogen (secondary N) is 1. The van der Waals surface area contributed by atoms with E-state index in [1.807, 2.05) is 0 Å². The van der Waals surface area contributed by atoms with Gasteiger partial charge in [-0.05, 0) is 11.8 Å². The maximum Gasteiger partial charge on any atom is 0.270 e. The van der Waals surface area contributed by atoms with E-state index in [2.05, 4.69) is 5.32 Å². The minimum atomic E-state index is -0.544. The molecule has 6 nitrogen and oxygen atoms in total. The fourth-order valence-corrected chi connectivity index (χ4v) is 2.32. The minimum absolute atomic E-state index is 0.118. The number of nitro benzene ring substituents is 1. The predicted octanol–water partition coefficient (Wildman–Crippen LogP) is 1.33. The third-order valence-electron chi connectivity index (χ3n) is 2.44. The Hall–Kier alpha value is -2.15. The standard InChI is InChI=1S/C11H8N2O4S/c1-18-9-8(10(14)12-11(9)15)6-3-2-4-7(5-6)13(16)17/h2-5H,1H3,(H,12,14,15).